The van der Waals surface area contributed by atoms with Gasteiger partial charge in [-0.25, -0.2) is 9.67 Å². The van der Waals surface area contributed by atoms with Gasteiger partial charge in [-0.1, -0.05) is 0 Å². The molecular formula is C18H17N5OS. The number of hydrogen-bond acceptors (Lipinski definition) is 5. The van der Waals surface area contributed by atoms with Gasteiger partial charge in [-0.2, -0.15) is 5.10 Å². The summed E-state index contributed by atoms with van der Waals surface area (Å²) in [5, 5.41) is 4.44. The largest absolute Gasteiger partial charge is 0.373 e. The van der Waals surface area contributed by atoms with E-state index >= 15 is 0 Å². The topological polar surface area (TPSA) is 68.6 Å². The van der Waals surface area contributed by atoms with Crippen LogP contribution in [0.5, 0.6) is 0 Å². The van der Waals surface area contributed by atoms with E-state index in [-0.39, 0.29) is 6.10 Å². The van der Waals surface area contributed by atoms with Crippen molar-refractivity contribution in [2.24, 2.45) is 0 Å². The molecule has 0 amide bonds. The van der Waals surface area contributed by atoms with Crippen LogP contribution < -0.4 is 0 Å². The zero-order chi connectivity index (χ0) is 16.6. The molecule has 0 bridgehead atoms. The summed E-state index contributed by atoms with van der Waals surface area (Å²) in [6, 6.07) is 8.27. The van der Waals surface area contributed by atoms with Gasteiger partial charge >= 0.3 is 0 Å². The standard InChI is InChI=1S/C18H17N5OS/c1-2-14(24-9-1)15-3-4-16(25-15)17-21-13-10-20-23(18(13)22-17)11-12-5-7-19-8-6-12/h3-8,10,14H,1-2,9,11H2,(H,21,22). The minimum atomic E-state index is 0.255. The van der Waals surface area contributed by atoms with Gasteiger partial charge in [0.25, 0.3) is 0 Å². The van der Waals surface area contributed by atoms with Crippen molar-refractivity contribution in [1.29, 1.82) is 0 Å². The maximum atomic E-state index is 5.78. The second kappa shape index (κ2) is 6.09. The Bertz CT molecular complexity index is 997. The Balaban J connectivity index is 1.45. The van der Waals surface area contributed by atoms with Crippen molar-refractivity contribution in [3.05, 3.63) is 53.3 Å². The molecule has 0 aromatic carbocycles. The van der Waals surface area contributed by atoms with Crippen molar-refractivity contribution in [1.82, 2.24) is 24.7 Å². The maximum absolute atomic E-state index is 5.78. The van der Waals surface area contributed by atoms with Gasteiger partial charge in [0.1, 0.15) is 5.52 Å². The molecular weight excluding hydrogens is 334 g/mol. The van der Waals surface area contributed by atoms with Crippen molar-refractivity contribution in [2.45, 2.75) is 25.5 Å². The Labute approximate surface area is 148 Å². The zero-order valence-electron chi connectivity index (χ0n) is 13.6. The molecule has 25 heavy (non-hydrogen) atoms. The molecule has 1 aliphatic rings. The molecule has 7 heteroatoms. The van der Waals surface area contributed by atoms with Crippen LogP contribution in [0.1, 0.15) is 29.4 Å². The summed E-state index contributed by atoms with van der Waals surface area (Å²) in [5.74, 6) is 0.894. The molecule has 0 radical (unpaired) electrons. The van der Waals surface area contributed by atoms with E-state index in [9.17, 15) is 0 Å². The van der Waals surface area contributed by atoms with Crippen LogP contribution in [0.2, 0.25) is 0 Å². The number of thiophene rings is 1. The summed E-state index contributed by atoms with van der Waals surface area (Å²) in [6.07, 6.45) is 7.94. The van der Waals surface area contributed by atoms with Gasteiger partial charge in [0.15, 0.2) is 11.5 Å². The molecule has 1 fully saturated rings. The molecule has 4 aromatic rings. The molecule has 1 N–H and O–H groups in total. The van der Waals surface area contributed by atoms with Crippen LogP contribution in [0.4, 0.5) is 0 Å². The fourth-order valence-corrected chi connectivity index (χ4v) is 4.23. The summed E-state index contributed by atoms with van der Waals surface area (Å²) in [4.78, 5) is 14.6. The van der Waals surface area contributed by atoms with Crippen molar-refractivity contribution in [3.63, 3.8) is 0 Å². The van der Waals surface area contributed by atoms with E-state index in [2.05, 4.69) is 27.2 Å². The highest BCUT2D eigenvalue weighted by molar-refractivity contribution is 7.15. The first-order chi connectivity index (χ1) is 12.4. The van der Waals surface area contributed by atoms with Gasteiger partial charge in [0, 0.05) is 23.9 Å². The number of nitrogens with zero attached hydrogens (tertiary/aromatic N) is 4. The molecule has 5 rings (SSSR count). The third-order valence-corrected chi connectivity index (χ3v) is 5.66. The third kappa shape index (κ3) is 2.75. The molecule has 0 saturated carbocycles. The molecule has 126 valence electrons. The molecule has 0 aliphatic carbocycles. The van der Waals surface area contributed by atoms with Gasteiger partial charge < -0.3 is 9.72 Å². The summed E-state index contributed by atoms with van der Waals surface area (Å²) in [6.45, 7) is 1.55. The van der Waals surface area contributed by atoms with Crippen LogP contribution in [0, 0.1) is 0 Å². The lowest BCUT2D eigenvalue weighted by Gasteiger charge is -2.04. The van der Waals surface area contributed by atoms with Crippen LogP contribution >= 0.6 is 11.3 Å². The zero-order valence-corrected chi connectivity index (χ0v) is 14.4. The van der Waals surface area contributed by atoms with E-state index < -0.39 is 0 Å². The van der Waals surface area contributed by atoms with Gasteiger partial charge in [-0.15, -0.1) is 11.3 Å². The Hall–Kier alpha value is -2.51. The first-order valence-electron chi connectivity index (χ1n) is 8.39. The van der Waals surface area contributed by atoms with Gasteiger partial charge in [-0.05, 0) is 42.7 Å². The second-order valence-electron chi connectivity index (χ2n) is 6.18. The van der Waals surface area contributed by atoms with Crippen LogP contribution in [0.15, 0.2) is 42.9 Å². The molecule has 1 unspecified atom stereocenters. The Kier molecular flexibility index (Phi) is 3.61. The van der Waals surface area contributed by atoms with E-state index in [4.69, 9.17) is 9.72 Å². The lowest BCUT2D eigenvalue weighted by atomic mass is 10.2. The van der Waals surface area contributed by atoms with E-state index in [1.807, 2.05) is 23.0 Å². The highest BCUT2D eigenvalue weighted by Gasteiger charge is 2.20. The molecule has 1 atom stereocenters. The van der Waals surface area contributed by atoms with Crippen molar-refractivity contribution >= 4 is 22.5 Å². The predicted octanol–water partition coefficient (Wildman–Crippen LogP) is 3.78. The number of imidazole rings is 1. The minimum absolute atomic E-state index is 0.255. The fourth-order valence-electron chi connectivity index (χ4n) is 3.20. The number of aromatic amines is 1. The fraction of sp³-hybridized carbons (Fsp3) is 0.278. The molecule has 0 spiro atoms. The number of fused-ring (bicyclic) bond motifs is 1. The number of H-pyrrole nitrogens is 1. The van der Waals surface area contributed by atoms with Crippen LogP contribution in [0.3, 0.4) is 0 Å². The van der Waals surface area contributed by atoms with E-state index in [0.29, 0.717) is 6.54 Å². The van der Waals surface area contributed by atoms with Crippen LogP contribution in [-0.4, -0.2) is 31.3 Å². The number of aromatic nitrogens is 5. The predicted molar refractivity (Wildman–Crippen MR) is 96.5 cm³/mol. The second-order valence-corrected chi connectivity index (χ2v) is 7.30. The lowest BCUT2D eigenvalue weighted by Crippen LogP contribution is -2.01. The van der Waals surface area contributed by atoms with Crippen molar-refractivity contribution in [3.8, 4) is 10.7 Å². The summed E-state index contributed by atoms with van der Waals surface area (Å²) >= 11 is 1.76. The van der Waals surface area contributed by atoms with Gasteiger partial charge in [0.2, 0.25) is 0 Å². The smallest absolute Gasteiger partial charge is 0.177 e. The van der Waals surface area contributed by atoms with E-state index in [0.717, 1.165) is 46.9 Å². The number of hydrogen-bond donors (Lipinski definition) is 1. The van der Waals surface area contributed by atoms with Crippen molar-refractivity contribution in [2.75, 3.05) is 6.61 Å². The maximum Gasteiger partial charge on any atom is 0.177 e. The monoisotopic (exact) mass is 351 g/mol. The minimum Gasteiger partial charge on any atom is -0.373 e. The van der Waals surface area contributed by atoms with E-state index in [1.165, 1.54) is 4.88 Å². The van der Waals surface area contributed by atoms with E-state index in [1.54, 1.807) is 23.7 Å². The normalized spacial score (nSPS) is 17.5. The summed E-state index contributed by atoms with van der Waals surface area (Å²) < 4.78 is 7.69. The molecule has 5 heterocycles. The number of nitrogens with one attached hydrogen (secondary N) is 1. The highest BCUT2D eigenvalue weighted by Crippen LogP contribution is 2.36. The lowest BCUT2D eigenvalue weighted by molar-refractivity contribution is 0.114. The number of rotatable bonds is 4. The average Bonchev–Trinajstić information content (AvgIpc) is 3.41. The Morgan fingerprint density at radius 1 is 1.24 bits per heavy atom. The quantitative estimate of drug-likeness (QED) is 0.607. The first kappa shape index (κ1) is 14.8. The number of ether oxygens (including phenoxy) is 1. The third-order valence-electron chi connectivity index (χ3n) is 4.47. The number of pyridine rings is 1. The van der Waals surface area contributed by atoms with Crippen LogP contribution in [0.25, 0.3) is 21.9 Å². The van der Waals surface area contributed by atoms with Crippen molar-refractivity contribution < 1.29 is 4.74 Å². The Morgan fingerprint density at radius 3 is 3.00 bits per heavy atom. The van der Waals surface area contributed by atoms with Gasteiger partial charge in [-0.3, -0.25) is 4.98 Å². The Morgan fingerprint density at radius 2 is 2.16 bits per heavy atom. The van der Waals surface area contributed by atoms with Crippen LogP contribution in [-0.2, 0) is 11.3 Å². The molecule has 4 aromatic heterocycles. The molecule has 1 aliphatic heterocycles. The SMILES string of the molecule is c1cc(Cn2ncc3[nH]c(-c4ccc(C5CCCO5)s4)nc32)ccn1. The molecule has 6 nitrogen and oxygen atoms in total. The highest BCUT2D eigenvalue weighted by atomic mass is 32.1. The summed E-state index contributed by atoms with van der Waals surface area (Å²) in [7, 11) is 0. The summed E-state index contributed by atoms with van der Waals surface area (Å²) in [5.41, 5.74) is 2.98. The van der Waals surface area contributed by atoms with Gasteiger partial charge in [0.05, 0.1) is 23.7 Å². The molecule has 1 saturated heterocycles. The average molecular weight is 351 g/mol. The first-order valence-corrected chi connectivity index (χ1v) is 9.20.